The van der Waals surface area contributed by atoms with Gasteiger partial charge < -0.3 is 16.8 Å². The molecule has 1 aliphatic carbocycles. The van der Waals surface area contributed by atoms with E-state index in [1.54, 1.807) is 12.1 Å². The molecule has 1 aromatic heterocycles. The predicted molar refractivity (Wildman–Crippen MR) is 71.3 cm³/mol. The molecule has 1 aromatic rings. The number of primary amides is 1. The van der Waals surface area contributed by atoms with Gasteiger partial charge in [0, 0.05) is 17.8 Å². The highest BCUT2D eigenvalue weighted by atomic mass is 16.1. The maximum Gasteiger partial charge on any atom is 0.248 e. The van der Waals surface area contributed by atoms with Gasteiger partial charge in [0.25, 0.3) is 0 Å². The fraction of sp³-hybridized carbons (Fsp3) is 0.538. The SMILES string of the molecule is Cc1cc(C(N)=O)cc(NC(C)(CN)C2CC2)n1. The summed E-state index contributed by atoms with van der Waals surface area (Å²) < 4.78 is 0. The first-order valence-corrected chi connectivity index (χ1v) is 6.21. The summed E-state index contributed by atoms with van der Waals surface area (Å²) in [5.41, 5.74) is 12.2. The van der Waals surface area contributed by atoms with E-state index < -0.39 is 5.91 Å². The van der Waals surface area contributed by atoms with Crippen molar-refractivity contribution in [3.8, 4) is 0 Å². The molecule has 1 heterocycles. The quantitative estimate of drug-likeness (QED) is 0.725. The fourth-order valence-corrected chi connectivity index (χ4v) is 2.21. The van der Waals surface area contributed by atoms with Gasteiger partial charge >= 0.3 is 0 Å². The van der Waals surface area contributed by atoms with Crippen molar-refractivity contribution in [2.24, 2.45) is 17.4 Å². The number of nitrogens with zero attached hydrogens (tertiary/aromatic N) is 1. The molecular weight excluding hydrogens is 228 g/mol. The lowest BCUT2D eigenvalue weighted by atomic mass is 9.96. The van der Waals surface area contributed by atoms with E-state index in [4.69, 9.17) is 11.5 Å². The Kier molecular flexibility index (Phi) is 3.26. The first-order chi connectivity index (χ1) is 8.44. The molecule has 1 saturated carbocycles. The molecule has 5 nitrogen and oxygen atoms in total. The molecule has 0 bridgehead atoms. The predicted octanol–water partition coefficient (Wildman–Crippen LogP) is 1.03. The van der Waals surface area contributed by atoms with Crippen LogP contribution >= 0.6 is 0 Å². The van der Waals surface area contributed by atoms with Crippen LogP contribution in [0.3, 0.4) is 0 Å². The van der Waals surface area contributed by atoms with Crippen LogP contribution in [0.4, 0.5) is 5.82 Å². The van der Waals surface area contributed by atoms with E-state index in [2.05, 4.69) is 17.2 Å². The Morgan fingerprint density at radius 2 is 2.22 bits per heavy atom. The van der Waals surface area contributed by atoms with Gasteiger partial charge in [-0.15, -0.1) is 0 Å². The first kappa shape index (κ1) is 12.8. The second-order valence-corrected chi connectivity index (χ2v) is 5.27. The zero-order chi connectivity index (χ0) is 13.3. The zero-order valence-corrected chi connectivity index (χ0v) is 10.9. The van der Waals surface area contributed by atoms with E-state index in [-0.39, 0.29) is 5.54 Å². The average Bonchev–Trinajstić information content (AvgIpc) is 3.12. The molecule has 0 spiro atoms. The van der Waals surface area contributed by atoms with Crippen molar-refractivity contribution >= 4 is 11.7 Å². The molecule has 1 amide bonds. The zero-order valence-electron chi connectivity index (χ0n) is 10.9. The molecule has 1 fully saturated rings. The van der Waals surface area contributed by atoms with Crippen LogP contribution in [0.2, 0.25) is 0 Å². The van der Waals surface area contributed by atoms with Crippen LogP contribution < -0.4 is 16.8 Å². The highest BCUT2D eigenvalue weighted by molar-refractivity contribution is 5.93. The highest BCUT2D eigenvalue weighted by Crippen LogP contribution is 2.40. The Morgan fingerprint density at radius 3 is 2.72 bits per heavy atom. The number of aromatic nitrogens is 1. The van der Waals surface area contributed by atoms with Crippen molar-refractivity contribution in [2.45, 2.75) is 32.2 Å². The van der Waals surface area contributed by atoms with Gasteiger partial charge in [0.15, 0.2) is 0 Å². The lowest BCUT2D eigenvalue weighted by molar-refractivity contribution is 0.1000. The maximum atomic E-state index is 11.2. The number of hydrogen-bond acceptors (Lipinski definition) is 4. The van der Waals surface area contributed by atoms with Crippen molar-refractivity contribution in [1.29, 1.82) is 0 Å². The lowest BCUT2D eigenvalue weighted by Crippen LogP contribution is -2.45. The van der Waals surface area contributed by atoms with E-state index in [0.29, 0.717) is 23.8 Å². The third-order valence-electron chi connectivity index (χ3n) is 3.55. The van der Waals surface area contributed by atoms with Crippen LogP contribution in [0.5, 0.6) is 0 Å². The van der Waals surface area contributed by atoms with Gasteiger partial charge in [-0.25, -0.2) is 4.98 Å². The molecule has 0 aromatic carbocycles. The summed E-state index contributed by atoms with van der Waals surface area (Å²) in [5.74, 6) is 0.815. The molecule has 5 heteroatoms. The van der Waals surface area contributed by atoms with Crippen molar-refractivity contribution < 1.29 is 4.79 Å². The summed E-state index contributed by atoms with van der Waals surface area (Å²) in [6.07, 6.45) is 2.38. The van der Waals surface area contributed by atoms with Gasteiger partial charge in [0.2, 0.25) is 5.91 Å². The number of nitrogens with two attached hydrogens (primary N) is 2. The summed E-state index contributed by atoms with van der Waals surface area (Å²) in [4.78, 5) is 15.6. The number of rotatable bonds is 5. The largest absolute Gasteiger partial charge is 0.366 e. The lowest BCUT2D eigenvalue weighted by Gasteiger charge is -2.30. The second-order valence-electron chi connectivity index (χ2n) is 5.27. The number of carbonyl (C=O) groups excluding carboxylic acids is 1. The Labute approximate surface area is 107 Å². The van der Waals surface area contributed by atoms with Crippen molar-refractivity contribution in [1.82, 2.24) is 4.98 Å². The van der Waals surface area contributed by atoms with Gasteiger partial charge in [0.1, 0.15) is 5.82 Å². The summed E-state index contributed by atoms with van der Waals surface area (Å²) in [6, 6.07) is 3.37. The summed E-state index contributed by atoms with van der Waals surface area (Å²) in [5, 5.41) is 3.36. The van der Waals surface area contributed by atoms with Gasteiger partial charge in [-0.2, -0.15) is 0 Å². The van der Waals surface area contributed by atoms with E-state index in [1.165, 1.54) is 12.8 Å². The van der Waals surface area contributed by atoms with Crippen LogP contribution in [0, 0.1) is 12.8 Å². The first-order valence-electron chi connectivity index (χ1n) is 6.21. The number of anilines is 1. The second kappa shape index (κ2) is 4.57. The molecule has 98 valence electrons. The third-order valence-corrected chi connectivity index (χ3v) is 3.55. The van der Waals surface area contributed by atoms with Crippen LogP contribution in [-0.2, 0) is 0 Å². The molecule has 1 aliphatic rings. The normalized spacial score (nSPS) is 18.2. The standard InChI is InChI=1S/C13H20N4O/c1-8-5-9(12(15)18)6-11(16-8)17-13(2,7-14)10-3-4-10/h5-6,10H,3-4,7,14H2,1-2H3,(H2,15,18)(H,16,17). The van der Waals surface area contributed by atoms with Gasteiger partial charge in [-0.05, 0) is 44.7 Å². The topological polar surface area (TPSA) is 94.0 Å². The van der Waals surface area contributed by atoms with Crippen molar-refractivity contribution in [3.05, 3.63) is 23.4 Å². The highest BCUT2D eigenvalue weighted by Gasteiger charge is 2.40. The van der Waals surface area contributed by atoms with Crippen molar-refractivity contribution in [3.63, 3.8) is 0 Å². The number of carbonyl (C=O) groups is 1. The van der Waals surface area contributed by atoms with Gasteiger partial charge in [-0.3, -0.25) is 4.79 Å². The molecule has 5 N–H and O–H groups in total. The third kappa shape index (κ3) is 2.61. The summed E-state index contributed by atoms with van der Waals surface area (Å²) in [6.45, 7) is 4.48. The van der Waals surface area contributed by atoms with Crippen LogP contribution in [0.1, 0.15) is 35.8 Å². The Hall–Kier alpha value is -1.62. The van der Waals surface area contributed by atoms with E-state index in [0.717, 1.165) is 5.69 Å². The Morgan fingerprint density at radius 1 is 1.56 bits per heavy atom. The molecule has 0 saturated heterocycles. The van der Waals surface area contributed by atoms with E-state index in [1.807, 2.05) is 6.92 Å². The molecule has 18 heavy (non-hydrogen) atoms. The van der Waals surface area contributed by atoms with Crippen LogP contribution in [0.25, 0.3) is 0 Å². The smallest absolute Gasteiger partial charge is 0.248 e. The monoisotopic (exact) mass is 248 g/mol. The summed E-state index contributed by atoms with van der Waals surface area (Å²) in [7, 11) is 0. The minimum atomic E-state index is -0.440. The molecule has 1 atom stereocenters. The number of amides is 1. The minimum Gasteiger partial charge on any atom is -0.366 e. The fourth-order valence-electron chi connectivity index (χ4n) is 2.21. The molecule has 0 aliphatic heterocycles. The average molecular weight is 248 g/mol. The molecule has 1 unspecified atom stereocenters. The number of nitrogens with one attached hydrogen (secondary N) is 1. The molecule has 0 radical (unpaired) electrons. The number of aryl methyl sites for hydroxylation is 1. The van der Waals surface area contributed by atoms with Gasteiger partial charge in [-0.1, -0.05) is 0 Å². The summed E-state index contributed by atoms with van der Waals surface area (Å²) >= 11 is 0. The van der Waals surface area contributed by atoms with E-state index >= 15 is 0 Å². The van der Waals surface area contributed by atoms with Gasteiger partial charge in [0.05, 0.1) is 5.54 Å². The van der Waals surface area contributed by atoms with Crippen LogP contribution in [-0.4, -0.2) is 23.0 Å². The number of hydrogen-bond donors (Lipinski definition) is 3. The van der Waals surface area contributed by atoms with Crippen LogP contribution in [0.15, 0.2) is 12.1 Å². The van der Waals surface area contributed by atoms with Crippen molar-refractivity contribution in [2.75, 3.05) is 11.9 Å². The number of pyridine rings is 1. The maximum absolute atomic E-state index is 11.2. The minimum absolute atomic E-state index is 0.157. The Bertz CT molecular complexity index is 470. The Balaban J connectivity index is 2.25. The molecular formula is C13H20N4O. The molecule has 2 rings (SSSR count). The van der Waals surface area contributed by atoms with E-state index in [9.17, 15) is 4.79 Å².